The highest BCUT2D eigenvalue weighted by molar-refractivity contribution is 9.10. The van der Waals surface area contributed by atoms with Crippen LogP contribution in [0.25, 0.3) is 0 Å². The molecule has 0 bridgehead atoms. The molecule has 1 aromatic carbocycles. The first-order valence-electron chi connectivity index (χ1n) is 4.69. The zero-order valence-electron chi connectivity index (χ0n) is 8.11. The number of halogens is 1. The molecule has 0 amide bonds. The van der Waals surface area contributed by atoms with Crippen LogP contribution >= 0.6 is 15.9 Å². The van der Waals surface area contributed by atoms with E-state index < -0.39 is 0 Å². The van der Waals surface area contributed by atoms with Gasteiger partial charge in [0.25, 0.3) is 0 Å². The second-order valence-electron chi connectivity index (χ2n) is 3.35. The van der Waals surface area contributed by atoms with Gasteiger partial charge in [0.05, 0.1) is 0 Å². The van der Waals surface area contributed by atoms with Crippen LogP contribution in [0.3, 0.4) is 0 Å². The molecular formula is C11H11BrN2O. The Balaban J connectivity index is 1.99. The highest BCUT2D eigenvalue weighted by Gasteiger charge is 2.01. The van der Waals surface area contributed by atoms with Crippen molar-refractivity contribution in [1.82, 2.24) is 5.16 Å². The van der Waals surface area contributed by atoms with Gasteiger partial charge in [-0.15, -0.1) is 0 Å². The van der Waals surface area contributed by atoms with E-state index in [9.17, 15) is 0 Å². The summed E-state index contributed by atoms with van der Waals surface area (Å²) in [5.41, 5.74) is 6.72. The maximum absolute atomic E-state index is 5.46. The summed E-state index contributed by atoms with van der Waals surface area (Å²) in [6, 6.07) is 9.98. The minimum absolute atomic E-state index is 0.444. The van der Waals surface area contributed by atoms with Crippen molar-refractivity contribution in [3.8, 4) is 0 Å². The molecule has 0 fully saturated rings. The lowest BCUT2D eigenvalue weighted by Crippen LogP contribution is -1.89. The van der Waals surface area contributed by atoms with Crippen LogP contribution in [-0.4, -0.2) is 5.16 Å². The van der Waals surface area contributed by atoms with Gasteiger partial charge in [-0.1, -0.05) is 33.2 Å². The largest absolute Gasteiger partial charge is 0.381 e. The van der Waals surface area contributed by atoms with Crippen LogP contribution < -0.4 is 5.73 Å². The van der Waals surface area contributed by atoms with Gasteiger partial charge in [0.1, 0.15) is 5.76 Å². The summed E-state index contributed by atoms with van der Waals surface area (Å²) in [5.74, 6) is 1.27. The van der Waals surface area contributed by atoms with Crippen LogP contribution in [0.2, 0.25) is 0 Å². The normalized spacial score (nSPS) is 10.5. The van der Waals surface area contributed by atoms with E-state index in [1.165, 1.54) is 5.56 Å². The third-order valence-corrected chi connectivity index (χ3v) is 2.62. The topological polar surface area (TPSA) is 52.0 Å². The molecule has 2 aromatic rings. The Labute approximate surface area is 96.4 Å². The summed E-state index contributed by atoms with van der Waals surface area (Å²) >= 11 is 3.44. The highest BCUT2D eigenvalue weighted by Crippen LogP contribution is 2.14. The van der Waals surface area contributed by atoms with Crippen molar-refractivity contribution >= 4 is 21.7 Å². The molecule has 1 heterocycles. The number of hydrogen-bond donors (Lipinski definition) is 1. The summed E-state index contributed by atoms with van der Waals surface area (Å²) in [7, 11) is 0. The number of benzene rings is 1. The van der Waals surface area contributed by atoms with Crippen molar-refractivity contribution in [2.24, 2.45) is 0 Å². The number of nitrogens with two attached hydrogens (primary N) is 1. The Morgan fingerprint density at radius 3 is 2.80 bits per heavy atom. The van der Waals surface area contributed by atoms with Crippen LogP contribution in [0.15, 0.2) is 39.3 Å². The minimum Gasteiger partial charge on any atom is -0.381 e. The molecule has 0 unspecified atom stereocenters. The lowest BCUT2D eigenvalue weighted by atomic mass is 10.1. The van der Waals surface area contributed by atoms with Crippen LogP contribution in [-0.2, 0) is 12.8 Å². The fourth-order valence-electron chi connectivity index (χ4n) is 1.41. The number of nitrogen functional groups attached to an aromatic ring is 1. The predicted octanol–water partition coefficient (Wildman–Crippen LogP) is 2.80. The van der Waals surface area contributed by atoms with Gasteiger partial charge in [0.15, 0.2) is 5.82 Å². The second-order valence-corrected chi connectivity index (χ2v) is 4.26. The van der Waals surface area contributed by atoms with Gasteiger partial charge >= 0.3 is 0 Å². The Hall–Kier alpha value is -1.29. The maximum atomic E-state index is 5.46. The quantitative estimate of drug-likeness (QED) is 0.930. The van der Waals surface area contributed by atoms with Crippen molar-refractivity contribution in [3.63, 3.8) is 0 Å². The number of hydrogen-bond acceptors (Lipinski definition) is 3. The van der Waals surface area contributed by atoms with Gasteiger partial charge in [-0.3, -0.25) is 0 Å². The van der Waals surface area contributed by atoms with E-state index in [2.05, 4.69) is 33.2 Å². The van der Waals surface area contributed by atoms with Gasteiger partial charge in [-0.05, 0) is 24.1 Å². The van der Waals surface area contributed by atoms with Crippen molar-refractivity contribution in [3.05, 3.63) is 46.1 Å². The fourth-order valence-corrected chi connectivity index (χ4v) is 1.85. The first-order valence-corrected chi connectivity index (χ1v) is 5.49. The van der Waals surface area contributed by atoms with Crippen molar-refractivity contribution in [2.45, 2.75) is 12.8 Å². The molecule has 2 N–H and O–H groups in total. The fraction of sp³-hybridized carbons (Fsp3) is 0.182. The first-order chi connectivity index (χ1) is 7.24. The third kappa shape index (κ3) is 2.83. The predicted molar refractivity (Wildman–Crippen MR) is 62.5 cm³/mol. The zero-order chi connectivity index (χ0) is 10.7. The van der Waals surface area contributed by atoms with Gasteiger partial charge < -0.3 is 10.3 Å². The SMILES string of the molecule is Nc1cc(CCc2cccc(Br)c2)on1. The van der Waals surface area contributed by atoms with E-state index in [1.54, 1.807) is 6.07 Å². The molecule has 0 aliphatic heterocycles. The molecule has 78 valence electrons. The number of rotatable bonds is 3. The van der Waals surface area contributed by atoms with Gasteiger partial charge in [-0.2, -0.15) is 0 Å². The molecule has 0 aliphatic rings. The molecule has 0 saturated carbocycles. The summed E-state index contributed by atoms with van der Waals surface area (Å²) < 4.78 is 6.12. The average molecular weight is 267 g/mol. The molecule has 4 heteroatoms. The van der Waals surface area contributed by atoms with Crippen molar-refractivity contribution in [1.29, 1.82) is 0 Å². The van der Waals surface area contributed by atoms with Crippen molar-refractivity contribution < 1.29 is 4.52 Å². The Morgan fingerprint density at radius 1 is 1.27 bits per heavy atom. The van der Waals surface area contributed by atoms with Gasteiger partial charge in [-0.25, -0.2) is 0 Å². The summed E-state index contributed by atoms with van der Waals surface area (Å²) in [5, 5.41) is 3.64. The molecule has 0 radical (unpaired) electrons. The Kier molecular flexibility index (Phi) is 3.06. The number of aryl methyl sites for hydroxylation is 2. The zero-order valence-corrected chi connectivity index (χ0v) is 9.70. The molecule has 0 aliphatic carbocycles. The lowest BCUT2D eigenvalue weighted by Gasteiger charge is -1.99. The molecule has 1 aromatic heterocycles. The monoisotopic (exact) mass is 266 g/mol. The van der Waals surface area contributed by atoms with Crippen molar-refractivity contribution in [2.75, 3.05) is 5.73 Å². The molecule has 15 heavy (non-hydrogen) atoms. The number of anilines is 1. The first kappa shape index (κ1) is 10.2. The molecule has 2 rings (SSSR count). The van der Waals surface area contributed by atoms with E-state index >= 15 is 0 Å². The number of nitrogens with zero attached hydrogens (tertiary/aromatic N) is 1. The maximum Gasteiger partial charge on any atom is 0.167 e. The van der Waals surface area contributed by atoms with Crippen LogP contribution in [0.5, 0.6) is 0 Å². The number of aromatic nitrogens is 1. The highest BCUT2D eigenvalue weighted by atomic mass is 79.9. The molecule has 3 nitrogen and oxygen atoms in total. The van der Waals surface area contributed by atoms with E-state index in [4.69, 9.17) is 10.3 Å². The molecule has 0 saturated heterocycles. The van der Waals surface area contributed by atoms with Crippen LogP contribution in [0.4, 0.5) is 5.82 Å². The standard InChI is InChI=1S/C11H11BrN2O/c12-9-3-1-2-8(6-9)4-5-10-7-11(13)14-15-10/h1-3,6-7H,4-5H2,(H2,13,14). The molecule has 0 atom stereocenters. The Bertz CT molecular complexity index is 453. The Morgan fingerprint density at radius 2 is 2.13 bits per heavy atom. The molecular weight excluding hydrogens is 256 g/mol. The van der Waals surface area contributed by atoms with Gasteiger partial charge in [0, 0.05) is 17.0 Å². The molecule has 0 spiro atoms. The smallest absolute Gasteiger partial charge is 0.167 e. The second kappa shape index (κ2) is 4.49. The van der Waals surface area contributed by atoms with Crippen LogP contribution in [0.1, 0.15) is 11.3 Å². The summed E-state index contributed by atoms with van der Waals surface area (Å²) in [4.78, 5) is 0. The third-order valence-electron chi connectivity index (χ3n) is 2.13. The van der Waals surface area contributed by atoms with Crippen LogP contribution in [0, 0.1) is 0 Å². The average Bonchev–Trinajstić information content (AvgIpc) is 2.62. The van der Waals surface area contributed by atoms with E-state index in [0.29, 0.717) is 5.82 Å². The van der Waals surface area contributed by atoms with Gasteiger partial charge in [0.2, 0.25) is 0 Å². The summed E-state index contributed by atoms with van der Waals surface area (Å²) in [6.07, 6.45) is 1.74. The van der Waals surface area contributed by atoms with E-state index in [0.717, 1.165) is 23.1 Å². The lowest BCUT2D eigenvalue weighted by molar-refractivity contribution is 0.386. The van der Waals surface area contributed by atoms with E-state index in [-0.39, 0.29) is 0 Å². The summed E-state index contributed by atoms with van der Waals surface area (Å²) in [6.45, 7) is 0. The minimum atomic E-state index is 0.444. The van der Waals surface area contributed by atoms with E-state index in [1.807, 2.05) is 12.1 Å².